The Morgan fingerprint density at radius 1 is 1.33 bits per heavy atom. The van der Waals surface area contributed by atoms with Crippen LogP contribution in [0.5, 0.6) is 0 Å². The van der Waals surface area contributed by atoms with Crippen molar-refractivity contribution in [2.75, 3.05) is 0 Å². The van der Waals surface area contributed by atoms with Crippen molar-refractivity contribution in [2.24, 2.45) is 0 Å². The third-order valence-corrected chi connectivity index (χ3v) is 1.34. The predicted octanol–water partition coefficient (Wildman–Crippen LogP) is -0.00850. The molecule has 0 bridgehead atoms. The van der Waals surface area contributed by atoms with Crippen LogP contribution in [-0.2, 0) is 18.7 Å². The van der Waals surface area contributed by atoms with E-state index in [0.717, 1.165) is 0 Å². The molecule has 0 saturated carbocycles. The van der Waals surface area contributed by atoms with Crippen molar-refractivity contribution in [1.82, 2.24) is 0 Å². The van der Waals surface area contributed by atoms with E-state index in [2.05, 4.69) is 4.52 Å². The molecule has 0 saturated heterocycles. The van der Waals surface area contributed by atoms with Crippen molar-refractivity contribution in [3.05, 3.63) is 0 Å². The molecule has 6 nitrogen and oxygen atoms in total. The maximum atomic E-state index is 10.5. The molecule has 2 N–H and O–H groups in total. The van der Waals surface area contributed by atoms with E-state index in [1.807, 2.05) is 0 Å². The number of phosphoric acid groups is 1. The smallest absolute Gasteiger partial charge is 0.371 e. The van der Waals surface area contributed by atoms with Gasteiger partial charge in [0, 0.05) is 6.42 Å². The summed E-state index contributed by atoms with van der Waals surface area (Å²) in [5.41, 5.74) is 0. The summed E-state index contributed by atoms with van der Waals surface area (Å²) >= 11 is 0. The summed E-state index contributed by atoms with van der Waals surface area (Å²) in [4.78, 5) is 37.1. The first-order valence-electron chi connectivity index (χ1n) is 3.08. The van der Waals surface area contributed by atoms with Crippen LogP contribution in [0.3, 0.4) is 0 Å². The van der Waals surface area contributed by atoms with E-state index in [0.29, 0.717) is 0 Å². The lowest BCUT2D eigenvalue weighted by atomic mass is 10.2. The highest BCUT2D eigenvalue weighted by Crippen LogP contribution is 2.36. The first-order valence-corrected chi connectivity index (χ1v) is 4.61. The van der Waals surface area contributed by atoms with Gasteiger partial charge >= 0.3 is 13.8 Å². The Bertz CT molecular complexity index is 228. The van der Waals surface area contributed by atoms with Crippen LogP contribution >= 0.6 is 7.82 Å². The summed E-state index contributed by atoms with van der Waals surface area (Å²) in [5.74, 6) is -1.31. The molecule has 0 radical (unpaired) electrons. The van der Waals surface area contributed by atoms with Gasteiger partial charge in [-0.3, -0.25) is 14.6 Å². The second-order valence-corrected chi connectivity index (χ2v) is 3.32. The van der Waals surface area contributed by atoms with Gasteiger partial charge in [0.05, 0.1) is 6.42 Å². The Morgan fingerprint density at radius 3 is 2.17 bits per heavy atom. The van der Waals surface area contributed by atoms with Crippen LogP contribution in [0.2, 0.25) is 0 Å². The lowest BCUT2D eigenvalue weighted by Crippen LogP contribution is -2.04. The number of phosphoric ester groups is 1. The van der Waals surface area contributed by atoms with Crippen LogP contribution in [0, 0.1) is 0 Å². The van der Waals surface area contributed by atoms with Crippen molar-refractivity contribution >= 4 is 19.6 Å². The molecule has 0 heterocycles. The summed E-state index contributed by atoms with van der Waals surface area (Å²) in [7, 11) is -4.74. The fraction of sp³-hybridized carbons (Fsp3) is 0.600. The van der Waals surface area contributed by atoms with E-state index in [9.17, 15) is 14.2 Å². The second kappa shape index (κ2) is 4.35. The number of carbonyl (C=O) groups is 2. The minimum atomic E-state index is -4.74. The van der Waals surface area contributed by atoms with Crippen LogP contribution in [0.15, 0.2) is 0 Å². The molecule has 0 aromatic rings. The SMILES string of the molecule is CC(=O)CCC(=O)OP(=O)(O)O. The molecule has 0 spiro atoms. The molecular formula is C5H9O6P. The molecule has 0 rings (SSSR count). The van der Waals surface area contributed by atoms with Gasteiger partial charge in [-0.15, -0.1) is 0 Å². The summed E-state index contributed by atoms with van der Waals surface area (Å²) in [6.07, 6.45) is -0.376. The van der Waals surface area contributed by atoms with Gasteiger partial charge in [0.1, 0.15) is 5.78 Å². The number of carbonyl (C=O) groups excluding carboxylic acids is 2. The zero-order valence-electron chi connectivity index (χ0n) is 6.39. The molecule has 12 heavy (non-hydrogen) atoms. The minimum absolute atomic E-state index is 0.0706. The van der Waals surface area contributed by atoms with Gasteiger partial charge < -0.3 is 9.32 Å². The molecular weight excluding hydrogens is 187 g/mol. The van der Waals surface area contributed by atoms with E-state index in [4.69, 9.17) is 9.79 Å². The standard InChI is InChI=1S/C5H9O6P/c1-4(6)2-3-5(7)11-12(8,9)10/h2-3H2,1H3,(H2,8,9,10). The number of hydrogen-bond donors (Lipinski definition) is 2. The van der Waals surface area contributed by atoms with Crippen LogP contribution in [-0.4, -0.2) is 21.5 Å². The Balaban J connectivity index is 3.76. The number of ketones is 1. The largest absolute Gasteiger partial charge is 0.526 e. The maximum Gasteiger partial charge on any atom is 0.526 e. The summed E-state index contributed by atoms with van der Waals surface area (Å²) in [6, 6.07) is 0. The Labute approximate surface area is 68.8 Å². The van der Waals surface area contributed by atoms with E-state index >= 15 is 0 Å². The topological polar surface area (TPSA) is 101 Å². The Hall–Kier alpha value is -0.710. The molecule has 0 aromatic heterocycles. The van der Waals surface area contributed by atoms with Gasteiger partial charge in [-0.2, -0.15) is 0 Å². The third-order valence-electron chi connectivity index (χ3n) is 0.902. The molecule has 0 aliphatic rings. The van der Waals surface area contributed by atoms with E-state index < -0.39 is 13.8 Å². The van der Waals surface area contributed by atoms with E-state index in [1.54, 1.807) is 0 Å². The quantitative estimate of drug-likeness (QED) is 0.613. The number of Topliss-reactive ketones (excluding diaryl/α,β-unsaturated/α-hetero) is 1. The van der Waals surface area contributed by atoms with Crippen molar-refractivity contribution < 1.29 is 28.5 Å². The average Bonchev–Trinajstić information content (AvgIpc) is 1.79. The van der Waals surface area contributed by atoms with Gasteiger partial charge in [0.15, 0.2) is 0 Å². The molecule has 0 aliphatic carbocycles. The van der Waals surface area contributed by atoms with Gasteiger partial charge in [0.2, 0.25) is 0 Å². The van der Waals surface area contributed by atoms with Crippen LogP contribution in [0.25, 0.3) is 0 Å². The van der Waals surface area contributed by atoms with Crippen LogP contribution < -0.4 is 0 Å². The molecule has 0 fully saturated rings. The highest BCUT2D eigenvalue weighted by molar-refractivity contribution is 7.46. The van der Waals surface area contributed by atoms with Crippen molar-refractivity contribution in [3.63, 3.8) is 0 Å². The summed E-state index contributed by atoms with van der Waals surface area (Å²) < 4.78 is 13.7. The Kier molecular flexibility index (Phi) is 4.09. The zero-order chi connectivity index (χ0) is 9.78. The molecule has 70 valence electrons. The lowest BCUT2D eigenvalue weighted by molar-refractivity contribution is -0.137. The molecule has 0 aliphatic heterocycles. The van der Waals surface area contributed by atoms with Crippen LogP contribution in [0.1, 0.15) is 19.8 Å². The minimum Gasteiger partial charge on any atom is -0.371 e. The van der Waals surface area contributed by atoms with Gasteiger partial charge in [0.25, 0.3) is 0 Å². The fourth-order valence-corrected chi connectivity index (χ4v) is 0.813. The van der Waals surface area contributed by atoms with Gasteiger partial charge in [-0.1, -0.05) is 0 Å². The van der Waals surface area contributed by atoms with Crippen molar-refractivity contribution in [3.8, 4) is 0 Å². The highest BCUT2D eigenvalue weighted by atomic mass is 31.2. The fourth-order valence-electron chi connectivity index (χ4n) is 0.456. The first kappa shape index (κ1) is 11.3. The first-order chi connectivity index (χ1) is 5.31. The van der Waals surface area contributed by atoms with E-state index in [1.165, 1.54) is 6.92 Å². The van der Waals surface area contributed by atoms with Gasteiger partial charge in [-0.25, -0.2) is 4.57 Å². The highest BCUT2D eigenvalue weighted by Gasteiger charge is 2.19. The molecule has 0 aromatic carbocycles. The molecule has 0 atom stereocenters. The summed E-state index contributed by atoms with van der Waals surface area (Å²) in [6.45, 7) is 1.27. The predicted molar refractivity (Wildman–Crippen MR) is 38.1 cm³/mol. The normalized spacial score (nSPS) is 10.9. The Morgan fingerprint density at radius 2 is 1.83 bits per heavy atom. The lowest BCUT2D eigenvalue weighted by Gasteiger charge is -2.03. The molecule has 0 unspecified atom stereocenters. The third kappa shape index (κ3) is 7.40. The number of rotatable bonds is 4. The van der Waals surface area contributed by atoms with Crippen molar-refractivity contribution in [1.29, 1.82) is 0 Å². The summed E-state index contributed by atoms with van der Waals surface area (Å²) in [5, 5.41) is 0. The average molecular weight is 196 g/mol. The van der Waals surface area contributed by atoms with Crippen molar-refractivity contribution in [2.45, 2.75) is 19.8 Å². The monoisotopic (exact) mass is 196 g/mol. The second-order valence-electron chi connectivity index (χ2n) is 2.16. The van der Waals surface area contributed by atoms with E-state index in [-0.39, 0.29) is 18.6 Å². The zero-order valence-corrected chi connectivity index (χ0v) is 7.28. The maximum absolute atomic E-state index is 10.5. The van der Waals surface area contributed by atoms with Gasteiger partial charge in [-0.05, 0) is 6.92 Å². The molecule has 7 heteroatoms. The molecule has 0 amide bonds. The number of hydrogen-bond acceptors (Lipinski definition) is 4. The van der Waals surface area contributed by atoms with Crippen LogP contribution in [0.4, 0.5) is 0 Å².